The van der Waals surface area contributed by atoms with Crippen LogP contribution in [0.4, 0.5) is 11.5 Å². The van der Waals surface area contributed by atoms with Crippen LogP contribution in [0.5, 0.6) is 0 Å². The summed E-state index contributed by atoms with van der Waals surface area (Å²) >= 11 is 11.6. The number of amides is 1. The Labute approximate surface area is 119 Å². The van der Waals surface area contributed by atoms with Crippen LogP contribution in [0.3, 0.4) is 0 Å². The van der Waals surface area contributed by atoms with Crippen molar-refractivity contribution in [2.45, 2.75) is 6.92 Å². The third-order valence-corrected chi connectivity index (χ3v) is 3.22. The second-order valence-corrected chi connectivity index (χ2v) is 4.59. The summed E-state index contributed by atoms with van der Waals surface area (Å²) in [5.41, 5.74) is 7.47. The topological polar surface area (TPSA) is 80.9 Å². The maximum absolute atomic E-state index is 12.1. The fourth-order valence-corrected chi connectivity index (χ4v) is 1.83. The summed E-state index contributed by atoms with van der Waals surface area (Å²) in [6.07, 6.45) is 1.22. The molecule has 0 saturated carbocycles. The molecular weight excluding hydrogens is 287 g/mol. The number of benzene rings is 1. The van der Waals surface area contributed by atoms with E-state index in [0.717, 1.165) is 5.56 Å². The molecule has 98 valence electrons. The first-order valence-corrected chi connectivity index (χ1v) is 6.08. The average Bonchev–Trinajstić information content (AvgIpc) is 2.34. The van der Waals surface area contributed by atoms with Crippen molar-refractivity contribution in [3.8, 4) is 0 Å². The van der Waals surface area contributed by atoms with Gasteiger partial charge in [-0.25, -0.2) is 9.97 Å². The van der Waals surface area contributed by atoms with Crippen molar-refractivity contribution >= 4 is 40.6 Å². The fraction of sp³-hybridized carbons (Fsp3) is 0.0833. The summed E-state index contributed by atoms with van der Waals surface area (Å²) in [4.78, 5) is 19.7. The number of nitrogen functional groups attached to an aromatic ring is 1. The van der Waals surface area contributed by atoms with Gasteiger partial charge < -0.3 is 11.1 Å². The van der Waals surface area contributed by atoms with Gasteiger partial charge in [0.2, 0.25) is 0 Å². The van der Waals surface area contributed by atoms with E-state index in [1.165, 1.54) is 6.33 Å². The molecule has 1 amide bonds. The van der Waals surface area contributed by atoms with Crippen molar-refractivity contribution < 1.29 is 4.79 Å². The minimum atomic E-state index is -0.339. The minimum Gasteiger partial charge on any atom is -0.399 e. The number of halogens is 2. The Kier molecular flexibility index (Phi) is 3.87. The lowest BCUT2D eigenvalue weighted by molar-refractivity contribution is 0.102. The van der Waals surface area contributed by atoms with Gasteiger partial charge in [0.25, 0.3) is 5.91 Å². The van der Waals surface area contributed by atoms with E-state index in [2.05, 4.69) is 15.3 Å². The zero-order valence-corrected chi connectivity index (χ0v) is 11.5. The van der Waals surface area contributed by atoms with Gasteiger partial charge in [-0.05, 0) is 30.7 Å². The molecule has 0 spiro atoms. The van der Waals surface area contributed by atoms with Crippen molar-refractivity contribution in [3.05, 3.63) is 45.8 Å². The van der Waals surface area contributed by atoms with E-state index in [0.29, 0.717) is 11.3 Å². The van der Waals surface area contributed by atoms with Crippen LogP contribution in [0.25, 0.3) is 0 Å². The van der Waals surface area contributed by atoms with Crippen LogP contribution in [0, 0.1) is 6.92 Å². The highest BCUT2D eigenvalue weighted by Gasteiger charge is 2.13. The Hall–Kier alpha value is -1.85. The van der Waals surface area contributed by atoms with Crippen LogP contribution >= 0.6 is 23.2 Å². The molecule has 0 aliphatic carbocycles. The molecule has 0 aliphatic rings. The second-order valence-electron chi connectivity index (χ2n) is 3.86. The zero-order chi connectivity index (χ0) is 14.0. The number of carbonyl (C=O) groups excluding carboxylic acids is 1. The molecule has 3 N–H and O–H groups in total. The van der Waals surface area contributed by atoms with Gasteiger partial charge in [-0.2, -0.15) is 0 Å². The molecular formula is C12H10Cl2N4O. The molecule has 5 nitrogen and oxygen atoms in total. The Balaban J connectivity index is 2.28. The van der Waals surface area contributed by atoms with Gasteiger partial charge in [0, 0.05) is 11.3 Å². The maximum atomic E-state index is 12.1. The lowest BCUT2D eigenvalue weighted by Gasteiger charge is -2.09. The Morgan fingerprint density at radius 1 is 1.32 bits per heavy atom. The van der Waals surface area contributed by atoms with Crippen LogP contribution in [0.1, 0.15) is 15.9 Å². The number of nitrogens with two attached hydrogens (primary N) is 1. The van der Waals surface area contributed by atoms with Crippen molar-refractivity contribution in [1.82, 2.24) is 9.97 Å². The normalized spacial score (nSPS) is 10.3. The van der Waals surface area contributed by atoms with Gasteiger partial charge >= 0.3 is 0 Å². The summed E-state index contributed by atoms with van der Waals surface area (Å²) < 4.78 is 0. The Morgan fingerprint density at radius 3 is 2.74 bits per heavy atom. The van der Waals surface area contributed by atoms with Gasteiger partial charge in [-0.1, -0.05) is 23.2 Å². The summed E-state index contributed by atoms with van der Waals surface area (Å²) in [7, 11) is 0. The molecule has 0 radical (unpaired) electrons. The van der Waals surface area contributed by atoms with Crippen LogP contribution in [0.15, 0.2) is 24.5 Å². The molecule has 2 aromatic rings. The van der Waals surface area contributed by atoms with E-state index in [9.17, 15) is 4.79 Å². The highest BCUT2D eigenvalue weighted by atomic mass is 35.5. The van der Waals surface area contributed by atoms with E-state index in [4.69, 9.17) is 28.9 Å². The smallest absolute Gasteiger partial charge is 0.257 e. The first-order valence-electron chi connectivity index (χ1n) is 5.32. The molecule has 0 fully saturated rings. The number of rotatable bonds is 2. The molecule has 2 rings (SSSR count). The SMILES string of the molecule is Cc1cc(N)ccc1C(=O)Nc1ncnc(Cl)c1Cl. The summed E-state index contributed by atoms with van der Waals surface area (Å²) in [6, 6.07) is 5.00. The first-order chi connectivity index (χ1) is 8.99. The predicted octanol–water partition coefficient (Wildman–Crippen LogP) is 2.93. The lowest BCUT2D eigenvalue weighted by atomic mass is 10.1. The molecule has 1 aromatic heterocycles. The number of hydrogen-bond donors (Lipinski definition) is 2. The maximum Gasteiger partial charge on any atom is 0.257 e. The lowest BCUT2D eigenvalue weighted by Crippen LogP contribution is -2.15. The van der Waals surface area contributed by atoms with Gasteiger partial charge in [-0.3, -0.25) is 4.79 Å². The van der Waals surface area contributed by atoms with Crippen LogP contribution < -0.4 is 11.1 Å². The molecule has 19 heavy (non-hydrogen) atoms. The van der Waals surface area contributed by atoms with Gasteiger partial charge in [0.1, 0.15) is 11.3 Å². The molecule has 1 heterocycles. The number of aromatic nitrogens is 2. The Bertz CT molecular complexity index is 646. The van der Waals surface area contributed by atoms with Crippen LogP contribution in [-0.2, 0) is 0 Å². The van der Waals surface area contributed by atoms with Crippen molar-refractivity contribution in [1.29, 1.82) is 0 Å². The van der Waals surface area contributed by atoms with Gasteiger partial charge in [-0.15, -0.1) is 0 Å². The van der Waals surface area contributed by atoms with Gasteiger partial charge in [0.05, 0.1) is 0 Å². The summed E-state index contributed by atoms with van der Waals surface area (Å²) in [5.74, 6) is -0.169. The Morgan fingerprint density at radius 2 is 2.05 bits per heavy atom. The van der Waals surface area contributed by atoms with E-state index < -0.39 is 0 Å². The molecule has 0 unspecified atom stereocenters. The number of anilines is 2. The minimum absolute atomic E-state index is 0.0843. The van der Waals surface area contributed by atoms with Gasteiger partial charge in [0.15, 0.2) is 11.0 Å². The van der Waals surface area contributed by atoms with E-state index >= 15 is 0 Å². The largest absolute Gasteiger partial charge is 0.399 e. The predicted molar refractivity (Wildman–Crippen MR) is 75.6 cm³/mol. The first kappa shape index (κ1) is 13.6. The quantitative estimate of drug-likeness (QED) is 0.659. The molecule has 0 aliphatic heterocycles. The average molecular weight is 297 g/mol. The van der Waals surface area contributed by atoms with Crippen molar-refractivity contribution in [2.24, 2.45) is 0 Å². The van der Waals surface area contributed by atoms with Crippen molar-refractivity contribution in [2.75, 3.05) is 11.1 Å². The third-order valence-electron chi connectivity index (χ3n) is 2.47. The van der Waals surface area contributed by atoms with E-state index in [1.54, 1.807) is 25.1 Å². The van der Waals surface area contributed by atoms with E-state index in [-0.39, 0.29) is 21.9 Å². The highest BCUT2D eigenvalue weighted by molar-refractivity contribution is 6.43. The van der Waals surface area contributed by atoms with E-state index in [1.807, 2.05) is 0 Å². The van der Waals surface area contributed by atoms with Crippen molar-refractivity contribution in [3.63, 3.8) is 0 Å². The zero-order valence-electron chi connectivity index (χ0n) is 9.95. The summed E-state index contributed by atoms with van der Waals surface area (Å²) in [6.45, 7) is 1.79. The summed E-state index contributed by atoms with van der Waals surface area (Å²) in [5, 5.41) is 2.77. The molecule has 0 atom stereocenters. The number of nitrogens with one attached hydrogen (secondary N) is 1. The molecule has 0 bridgehead atoms. The fourth-order valence-electron chi connectivity index (χ4n) is 1.55. The standard InChI is InChI=1S/C12H10Cl2N4O/c1-6-4-7(15)2-3-8(6)12(19)18-11-9(13)10(14)16-5-17-11/h2-5H,15H2,1H3,(H,16,17,18,19). The third kappa shape index (κ3) is 2.94. The molecule has 7 heteroatoms. The van der Waals surface area contributed by atoms with Crippen LogP contribution in [-0.4, -0.2) is 15.9 Å². The molecule has 1 aromatic carbocycles. The molecule has 0 saturated heterocycles. The monoisotopic (exact) mass is 296 g/mol. The number of carbonyl (C=O) groups is 1. The highest BCUT2D eigenvalue weighted by Crippen LogP contribution is 2.26. The second kappa shape index (κ2) is 5.42. The van der Waals surface area contributed by atoms with Crippen LogP contribution in [0.2, 0.25) is 10.2 Å². The number of nitrogens with zero attached hydrogens (tertiary/aromatic N) is 2. The number of aryl methyl sites for hydroxylation is 1. The number of hydrogen-bond acceptors (Lipinski definition) is 4.